The van der Waals surface area contributed by atoms with Gasteiger partial charge in [0.2, 0.25) is 0 Å². The molecular formula is C11H20N2O2. The van der Waals surface area contributed by atoms with Gasteiger partial charge in [0.1, 0.15) is 0 Å². The SMILES string of the molecule is CN(CC1CCC1)C1(CC(=O)O)CNC1. The predicted molar refractivity (Wildman–Crippen MR) is 57.8 cm³/mol. The molecule has 0 amide bonds. The minimum absolute atomic E-state index is 0.110. The molecule has 0 atom stereocenters. The molecule has 0 aromatic rings. The first-order chi connectivity index (χ1) is 7.12. The number of carboxylic acids is 1. The van der Waals surface area contributed by atoms with Crippen LogP contribution in [0.1, 0.15) is 25.7 Å². The molecule has 1 saturated carbocycles. The Kier molecular flexibility index (Phi) is 2.98. The maximum Gasteiger partial charge on any atom is 0.305 e. The van der Waals surface area contributed by atoms with Gasteiger partial charge < -0.3 is 10.4 Å². The zero-order valence-electron chi connectivity index (χ0n) is 9.33. The fourth-order valence-electron chi connectivity index (χ4n) is 2.48. The van der Waals surface area contributed by atoms with Crippen molar-refractivity contribution in [3.05, 3.63) is 0 Å². The number of nitrogens with one attached hydrogen (secondary N) is 1. The second-order valence-corrected chi connectivity index (χ2v) is 5.08. The first-order valence-corrected chi connectivity index (χ1v) is 5.76. The third-order valence-corrected chi connectivity index (χ3v) is 3.95. The summed E-state index contributed by atoms with van der Waals surface area (Å²) in [6, 6.07) is 0. The Bertz CT molecular complexity index is 247. The molecule has 4 nitrogen and oxygen atoms in total. The number of nitrogens with zero attached hydrogens (tertiary/aromatic N) is 1. The Morgan fingerprint density at radius 2 is 2.20 bits per heavy atom. The first-order valence-electron chi connectivity index (χ1n) is 5.76. The third kappa shape index (κ3) is 2.16. The minimum atomic E-state index is -0.683. The van der Waals surface area contributed by atoms with E-state index in [-0.39, 0.29) is 12.0 Å². The van der Waals surface area contributed by atoms with Crippen LogP contribution in [0.15, 0.2) is 0 Å². The highest BCUT2D eigenvalue weighted by Gasteiger charge is 2.43. The van der Waals surface area contributed by atoms with Crippen LogP contribution in [0.3, 0.4) is 0 Å². The van der Waals surface area contributed by atoms with E-state index >= 15 is 0 Å². The van der Waals surface area contributed by atoms with E-state index in [9.17, 15) is 4.79 Å². The van der Waals surface area contributed by atoms with E-state index in [1.807, 2.05) is 0 Å². The average molecular weight is 212 g/mol. The molecule has 2 N–H and O–H groups in total. The fourth-order valence-corrected chi connectivity index (χ4v) is 2.48. The largest absolute Gasteiger partial charge is 0.481 e. The summed E-state index contributed by atoms with van der Waals surface area (Å²) in [7, 11) is 2.07. The molecule has 2 fully saturated rings. The first kappa shape index (κ1) is 10.9. The summed E-state index contributed by atoms with van der Waals surface area (Å²) in [5, 5.41) is 12.1. The zero-order valence-corrected chi connectivity index (χ0v) is 9.33. The summed E-state index contributed by atoms with van der Waals surface area (Å²) in [4.78, 5) is 13.1. The van der Waals surface area contributed by atoms with E-state index in [1.165, 1.54) is 19.3 Å². The molecule has 0 unspecified atom stereocenters. The molecule has 0 radical (unpaired) electrons. The van der Waals surface area contributed by atoms with Crippen LogP contribution >= 0.6 is 0 Å². The van der Waals surface area contributed by atoms with E-state index in [2.05, 4.69) is 17.3 Å². The van der Waals surface area contributed by atoms with Crippen LogP contribution in [0, 0.1) is 5.92 Å². The molecule has 0 spiro atoms. The van der Waals surface area contributed by atoms with E-state index in [4.69, 9.17) is 5.11 Å². The lowest BCUT2D eigenvalue weighted by Crippen LogP contribution is -2.69. The fraction of sp³-hybridized carbons (Fsp3) is 0.909. The van der Waals surface area contributed by atoms with Crippen molar-refractivity contribution in [2.24, 2.45) is 5.92 Å². The molecule has 15 heavy (non-hydrogen) atoms. The third-order valence-electron chi connectivity index (χ3n) is 3.95. The Morgan fingerprint density at radius 1 is 1.53 bits per heavy atom. The molecule has 2 rings (SSSR count). The average Bonchev–Trinajstić information content (AvgIpc) is 2.03. The second-order valence-electron chi connectivity index (χ2n) is 5.08. The molecule has 1 heterocycles. The Morgan fingerprint density at radius 3 is 2.53 bits per heavy atom. The molecular weight excluding hydrogens is 192 g/mol. The molecule has 0 bridgehead atoms. The van der Waals surface area contributed by atoms with Crippen molar-refractivity contribution in [1.29, 1.82) is 0 Å². The molecule has 1 aliphatic heterocycles. The topological polar surface area (TPSA) is 52.6 Å². The Hall–Kier alpha value is -0.610. The van der Waals surface area contributed by atoms with Gasteiger partial charge in [0.05, 0.1) is 12.0 Å². The van der Waals surface area contributed by atoms with Gasteiger partial charge in [-0.15, -0.1) is 0 Å². The summed E-state index contributed by atoms with van der Waals surface area (Å²) in [5.74, 6) is 0.123. The second kappa shape index (κ2) is 4.10. The lowest BCUT2D eigenvalue weighted by atomic mass is 9.81. The van der Waals surface area contributed by atoms with Gasteiger partial charge in [-0.2, -0.15) is 0 Å². The zero-order chi connectivity index (χ0) is 10.9. The smallest absolute Gasteiger partial charge is 0.305 e. The lowest BCUT2D eigenvalue weighted by molar-refractivity contribution is -0.141. The van der Waals surface area contributed by atoms with E-state index < -0.39 is 5.97 Å². The van der Waals surface area contributed by atoms with Gasteiger partial charge in [-0.05, 0) is 25.8 Å². The van der Waals surface area contributed by atoms with Crippen molar-refractivity contribution in [3.8, 4) is 0 Å². The van der Waals surface area contributed by atoms with Crippen LogP contribution in [-0.4, -0.2) is 48.2 Å². The molecule has 0 aromatic heterocycles. The summed E-state index contributed by atoms with van der Waals surface area (Å²) < 4.78 is 0. The normalized spacial score (nSPS) is 24.7. The molecule has 2 aliphatic rings. The standard InChI is InChI=1S/C11H20N2O2/c1-13(6-9-3-2-4-9)11(5-10(14)15)7-12-8-11/h9,12H,2-8H2,1H3,(H,14,15). The molecule has 1 saturated heterocycles. The van der Waals surface area contributed by atoms with Gasteiger partial charge in [-0.1, -0.05) is 6.42 Å². The van der Waals surface area contributed by atoms with Crippen molar-refractivity contribution >= 4 is 5.97 Å². The van der Waals surface area contributed by atoms with Crippen molar-refractivity contribution in [2.45, 2.75) is 31.2 Å². The summed E-state index contributed by atoms with van der Waals surface area (Å²) >= 11 is 0. The van der Waals surface area contributed by atoms with Gasteiger partial charge in [-0.3, -0.25) is 9.69 Å². The van der Waals surface area contributed by atoms with Crippen LogP contribution < -0.4 is 5.32 Å². The Balaban J connectivity index is 1.89. The highest BCUT2D eigenvalue weighted by Crippen LogP contribution is 2.31. The van der Waals surface area contributed by atoms with Crippen molar-refractivity contribution in [1.82, 2.24) is 10.2 Å². The highest BCUT2D eigenvalue weighted by atomic mass is 16.4. The van der Waals surface area contributed by atoms with Crippen LogP contribution in [-0.2, 0) is 4.79 Å². The number of likely N-dealkylation sites (N-methyl/N-ethyl adjacent to an activating group) is 1. The van der Waals surface area contributed by atoms with Crippen LogP contribution in [0.25, 0.3) is 0 Å². The Labute approximate surface area is 90.6 Å². The maximum absolute atomic E-state index is 10.8. The van der Waals surface area contributed by atoms with Crippen LogP contribution in [0.5, 0.6) is 0 Å². The van der Waals surface area contributed by atoms with Gasteiger partial charge in [0.15, 0.2) is 0 Å². The minimum Gasteiger partial charge on any atom is -0.481 e. The molecule has 0 aromatic carbocycles. The van der Waals surface area contributed by atoms with E-state index in [1.54, 1.807) is 0 Å². The van der Waals surface area contributed by atoms with E-state index in [0.29, 0.717) is 0 Å². The number of carbonyl (C=O) groups is 1. The summed E-state index contributed by atoms with van der Waals surface area (Å²) in [5.41, 5.74) is -0.110. The number of hydrogen-bond acceptors (Lipinski definition) is 3. The monoisotopic (exact) mass is 212 g/mol. The van der Waals surface area contributed by atoms with Crippen molar-refractivity contribution in [3.63, 3.8) is 0 Å². The van der Waals surface area contributed by atoms with Crippen LogP contribution in [0.4, 0.5) is 0 Å². The molecule has 86 valence electrons. The van der Waals surface area contributed by atoms with Crippen molar-refractivity contribution in [2.75, 3.05) is 26.7 Å². The quantitative estimate of drug-likeness (QED) is 0.698. The lowest BCUT2D eigenvalue weighted by Gasteiger charge is -2.50. The van der Waals surface area contributed by atoms with Crippen molar-refractivity contribution < 1.29 is 9.90 Å². The van der Waals surface area contributed by atoms with Crippen LogP contribution in [0.2, 0.25) is 0 Å². The van der Waals surface area contributed by atoms with Gasteiger partial charge in [-0.25, -0.2) is 0 Å². The predicted octanol–water partition coefficient (Wildman–Crippen LogP) is 0.535. The number of carboxylic acid groups (broad SMARTS) is 1. The maximum atomic E-state index is 10.8. The van der Waals surface area contributed by atoms with E-state index in [0.717, 1.165) is 25.6 Å². The number of rotatable bonds is 5. The van der Waals surface area contributed by atoms with Gasteiger partial charge >= 0.3 is 5.97 Å². The summed E-state index contributed by atoms with van der Waals surface area (Å²) in [6.07, 6.45) is 4.26. The summed E-state index contributed by atoms with van der Waals surface area (Å²) in [6.45, 7) is 2.71. The van der Waals surface area contributed by atoms with Gasteiger partial charge in [0, 0.05) is 19.6 Å². The highest BCUT2D eigenvalue weighted by molar-refractivity contribution is 5.68. The number of aliphatic carboxylic acids is 1. The van der Waals surface area contributed by atoms with Gasteiger partial charge in [0.25, 0.3) is 0 Å². The number of hydrogen-bond donors (Lipinski definition) is 2. The molecule has 4 heteroatoms. The molecule has 1 aliphatic carbocycles.